The van der Waals surface area contributed by atoms with E-state index >= 15 is 0 Å². The molecule has 0 fully saturated rings. The normalized spacial score (nSPS) is 11.9. The molecule has 0 saturated carbocycles. The summed E-state index contributed by atoms with van der Waals surface area (Å²) in [4.78, 5) is 4.30. The van der Waals surface area contributed by atoms with Crippen LogP contribution in [0.4, 0.5) is 5.82 Å². The minimum atomic E-state index is 0.684. The smallest absolute Gasteiger partial charge is 0.138 e. The van der Waals surface area contributed by atoms with Gasteiger partial charge in [0.2, 0.25) is 0 Å². The molecule has 0 aliphatic rings. The number of aromatic nitrogens is 2. The average Bonchev–Trinajstić information content (AvgIpc) is 2.77. The number of hydrogen-bond donors (Lipinski definition) is 1. The highest BCUT2D eigenvalue weighted by Crippen LogP contribution is 2.21. The number of hydrogen-bond acceptors (Lipinski definition) is 2. The van der Waals surface area contributed by atoms with Gasteiger partial charge < -0.3 is 5.32 Å². The Kier molecular flexibility index (Phi) is 3.90. The zero-order valence-electron chi connectivity index (χ0n) is 11.7. The maximum atomic E-state index is 4.30. The van der Waals surface area contributed by atoms with Crippen LogP contribution < -0.4 is 5.32 Å². The fraction of sp³-hybridized carbons (Fsp3) is 0.533. The molecule has 2 rings (SSSR count). The van der Waals surface area contributed by atoms with Gasteiger partial charge in [0.1, 0.15) is 11.5 Å². The first-order valence-corrected chi connectivity index (χ1v) is 6.75. The Morgan fingerprint density at radius 3 is 2.56 bits per heavy atom. The minimum absolute atomic E-state index is 0.684. The molecule has 0 amide bonds. The Labute approximate surface area is 109 Å². The molecule has 0 aliphatic carbocycles. The lowest BCUT2D eigenvalue weighted by molar-refractivity contribution is 0.304. The van der Waals surface area contributed by atoms with E-state index in [-0.39, 0.29) is 0 Å². The summed E-state index contributed by atoms with van der Waals surface area (Å²) >= 11 is 0. The molecule has 0 atom stereocenters. The van der Waals surface area contributed by atoms with Gasteiger partial charge in [-0.1, -0.05) is 33.8 Å². The van der Waals surface area contributed by atoms with Crippen molar-refractivity contribution in [1.29, 1.82) is 0 Å². The number of pyridine rings is 1. The van der Waals surface area contributed by atoms with Crippen LogP contribution in [0.3, 0.4) is 0 Å². The molecule has 0 saturated heterocycles. The van der Waals surface area contributed by atoms with Crippen molar-refractivity contribution in [2.75, 3.05) is 11.9 Å². The maximum absolute atomic E-state index is 4.30. The third-order valence-electron chi connectivity index (χ3n) is 3.66. The first-order valence-electron chi connectivity index (χ1n) is 6.75. The van der Waals surface area contributed by atoms with Crippen LogP contribution in [0.5, 0.6) is 0 Å². The van der Waals surface area contributed by atoms with Crippen molar-refractivity contribution in [3.63, 3.8) is 0 Å². The van der Waals surface area contributed by atoms with E-state index in [1.165, 1.54) is 0 Å². The average molecular weight is 245 g/mol. The number of nitrogens with zero attached hydrogens (tertiary/aromatic N) is 2. The number of imidazole rings is 1. The molecule has 0 radical (unpaired) electrons. The minimum Gasteiger partial charge on any atom is -0.371 e. The fourth-order valence-corrected chi connectivity index (χ4v) is 2.56. The number of nitrogens with one attached hydrogen (secondary N) is 1. The molecule has 2 aromatic heterocycles. The summed E-state index contributed by atoms with van der Waals surface area (Å²) in [6.45, 7) is 10.2. The maximum Gasteiger partial charge on any atom is 0.138 e. The van der Waals surface area contributed by atoms with Gasteiger partial charge in [0, 0.05) is 18.9 Å². The van der Waals surface area contributed by atoms with Gasteiger partial charge in [-0.05, 0) is 29.9 Å². The molecule has 0 unspecified atom stereocenters. The van der Waals surface area contributed by atoms with Crippen molar-refractivity contribution in [2.24, 2.45) is 17.8 Å². The van der Waals surface area contributed by atoms with Gasteiger partial charge in [0.15, 0.2) is 0 Å². The zero-order valence-corrected chi connectivity index (χ0v) is 11.7. The quantitative estimate of drug-likeness (QED) is 0.870. The van der Waals surface area contributed by atoms with Crippen molar-refractivity contribution in [2.45, 2.75) is 27.7 Å². The number of rotatable bonds is 5. The lowest BCUT2D eigenvalue weighted by Crippen LogP contribution is -2.25. The van der Waals surface area contributed by atoms with Gasteiger partial charge in [-0.3, -0.25) is 4.40 Å². The van der Waals surface area contributed by atoms with Crippen LogP contribution in [0.2, 0.25) is 0 Å². The van der Waals surface area contributed by atoms with E-state index in [0.717, 1.165) is 18.0 Å². The molecular formula is C15H23N3. The zero-order chi connectivity index (χ0) is 13.1. The summed E-state index contributed by atoms with van der Waals surface area (Å²) < 4.78 is 2.09. The molecule has 98 valence electrons. The van der Waals surface area contributed by atoms with E-state index in [4.69, 9.17) is 0 Å². The predicted molar refractivity (Wildman–Crippen MR) is 76.8 cm³/mol. The van der Waals surface area contributed by atoms with E-state index in [1.54, 1.807) is 0 Å². The number of anilines is 1. The van der Waals surface area contributed by atoms with Gasteiger partial charge >= 0.3 is 0 Å². The van der Waals surface area contributed by atoms with Crippen LogP contribution in [0.1, 0.15) is 27.7 Å². The highest BCUT2D eigenvalue weighted by atomic mass is 15.1. The second-order valence-electron chi connectivity index (χ2n) is 5.60. The van der Waals surface area contributed by atoms with Crippen molar-refractivity contribution < 1.29 is 0 Å². The highest BCUT2D eigenvalue weighted by molar-refractivity contribution is 5.49. The Morgan fingerprint density at radius 2 is 1.89 bits per heavy atom. The van der Waals surface area contributed by atoms with Gasteiger partial charge in [-0.25, -0.2) is 4.98 Å². The predicted octanol–water partition coefficient (Wildman–Crippen LogP) is 3.67. The van der Waals surface area contributed by atoms with Crippen LogP contribution in [0.15, 0.2) is 30.6 Å². The van der Waals surface area contributed by atoms with Gasteiger partial charge in [0.25, 0.3) is 0 Å². The molecular weight excluding hydrogens is 222 g/mol. The summed E-state index contributed by atoms with van der Waals surface area (Å²) in [6.07, 6.45) is 3.83. The molecule has 18 heavy (non-hydrogen) atoms. The molecule has 0 bridgehead atoms. The summed E-state index contributed by atoms with van der Waals surface area (Å²) in [6, 6.07) is 6.17. The van der Waals surface area contributed by atoms with Crippen LogP contribution in [-0.2, 0) is 0 Å². The largest absolute Gasteiger partial charge is 0.371 e. The van der Waals surface area contributed by atoms with Crippen LogP contribution in [0, 0.1) is 17.8 Å². The highest BCUT2D eigenvalue weighted by Gasteiger charge is 2.17. The van der Waals surface area contributed by atoms with Crippen LogP contribution >= 0.6 is 0 Å². The van der Waals surface area contributed by atoms with Crippen LogP contribution in [0.25, 0.3) is 5.65 Å². The van der Waals surface area contributed by atoms with E-state index in [0.29, 0.717) is 17.8 Å². The molecule has 3 heteroatoms. The second kappa shape index (κ2) is 5.42. The first-order chi connectivity index (χ1) is 8.59. The van der Waals surface area contributed by atoms with Crippen LogP contribution in [-0.4, -0.2) is 15.9 Å². The summed E-state index contributed by atoms with van der Waals surface area (Å²) in [5, 5.41) is 3.56. The lowest BCUT2D eigenvalue weighted by atomic mass is 9.85. The first kappa shape index (κ1) is 12.9. The Bertz CT molecular complexity index is 491. The molecule has 1 N–H and O–H groups in total. The van der Waals surface area contributed by atoms with Gasteiger partial charge in [-0.2, -0.15) is 0 Å². The fourth-order valence-electron chi connectivity index (χ4n) is 2.56. The topological polar surface area (TPSA) is 29.3 Å². The Balaban J connectivity index is 2.12. The molecule has 2 heterocycles. The van der Waals surface area contributed by atoms with Gasteiger partial charge in [0.05, 0.1) is 0 Å². The van der Waals surface area contributed by atoms with Gasteiger partial charge in [-0.15, -0.1) is 0 Å². The molecule has 2 aromatic rings. The van der Waals surface area contributed by atoms with Crippen molar-refractivity contribution in [3.05, 3.63) is 30.6 Å². The van der Waals surface area contributed by atoms with Crippen molar-refractivity contribution >= 4 is 11.5 Å². The Hall–Kier alpha value is -1.51. The summed E-state index contributed by atoms with van der Waals surface area (Å²) in [5.74, 6) is 3.19. The third kappa shape index (κ3) is 2.66. The van der Waals surface area contributed by atoms with E-state index in [2.05, 4.69) is 48.5 Å². The van der Waals surface area contributed by atoms with E-state index in [9.17, 15) is 0 Å². The van der Waals surface area contributed by atoms with E-state index in [1.807, 2.05) is 24.5 Å². The SMILES string of the molecule is CC(C)C(CNc1cccc2nccn12)C(C)C. The molecule has 0 aromatic carbocycles. The number of fused-ring (bicyclic) bond motifs is 1. The third-order valence-corrected chi connectivity index (χ3v) is 3.66. The van der Waals surface area contributed by atoms with Crippen molar-refractivity contribution in [3.8, 4) is 0 Å². The second-order valence-corrected chi connectivity index (χ2v) is 5.60. The molecule has 0 aliphatic heterocycles. The monoisotopic (exact) mass is 245 g/mol. The van der Waals surface area contributed by atoms with Crippen molar-refractivity contribution in [1.82, 2.24) is 9.38 Å². The Morgan fingerprint density at radius 1 is 1.17 bits per heavy atom. The molecule has 3 nitrogen and oxygen atoms in total. The lowest BCUT2D eigenvalue weighted by Gasteiger charge is -2.25. The molecule has 0 spiro atoms. The standard InChI is InChI=1S/C15H23N3/c1-11(2)13(12(3)4)10-17-15-7-5-6-14-16-8-9-18(14)15/h5-9,11-13,17H,10H2,1-4H3. The summed E-state index contributed by atoms with van der Waals surface area (Å²) in [5.41, 5.74) is 0.991. The summed E-state index contributed by atoms with van der Waals surface area (Å²) in [7, 11) is 0. The van der Waals surface area contributed by atoms with E-state index < -0.39 is 0 Å².